The fraction of sp³-hybridized carbons (Fsp3) is 0.600. The van der Waals surface area contributed by atoms with E-state index in [-0.39, 0.29) is 24.0 Å². The molecule has 0 spiro atoms. The van der Waals surface area contributed by atoms with Crippen molar-refractivity contribution in [2.45, 2.75) is 27.3 Å². The van der Waals surface area contributed by atoms with E-state index in [2.05, 4.69) is 46.3 Å². The maximum Gasteiger partial charge on any atom is 0.191 e. The fourth-order valence-corrected chi connectivity index (χ4v) is 1.87. The Kier molecular flexibility index (Phi) is 12.3. The monoisotopic (exact) mass is 405 g/mol. The van der Waals surface area contributed by atoms with Gasteiger partial charge in [-0.15, -0.1) is 24.0 Å². The molecule has 1 rings (SSSR count). The van der Waals surface area contributed by atoms with Gasteiger partial charge in [-0.2, -0.15) is 0 Å². The van der Waals surface area contributed by atoms with Gasteiger partial charge in [-0.1, -0.05) is 19.9 Å². The van der Waals surface area contributed by atoms with E-state index in [4.69, 9.17) is 0 Å². The van der Waals surface area contributed by atoms with Crippen molar-refractivity contribution in [2.24, 2.45) is 4.99 Å². The topological polar surface area (TPSA) is 52.6 Å². The Bertz CT molecular complexity index is 379. The number of aliphatic imine (C=N–C) groups is 1. The third kappa shape index (κ3) is 8.87. The van der Waals surface area contributed by atoms with E-state index in [9.17, 15) is 0 Å². The summed E-state index contributed by atoms with van der Waals surface area (Å²) in [5, 5.41) is 6.61. The predicted octanol–water partition coefficient (Wildman–Crippen LogP) is 2.10. The molecule has 0 saturated heterocycles. The Balaban J connectivity index is 0.00000400. The first-order chi connectivity index (χ1) is 9.80. The highest BCUT2D eigenvalue weighted by Gasteiger charge is 2.00. The number of guanidine groups is 1. The standard InChI is InChI=1S/C15H27N5.HI/c1-4-16-15(18-11-12-20(5-2)6-3)19-13-14-9-7-8-10-17-14;/h7-10H,4-6,11-13H2,1-3H3,(H2,16,18,19);1H. The van der Waals surface area contributed by atoms with Crippen LogP contribution in [0.25, 0.3) is 0 Å². The lowest BCUT2D eigenvalue weighted by Crippen LogP contribution is -2.41. The van der Waals surface area contributed by atoms with Crippen LogP contribution in [0.5, 0.6) is 0 Å². The maximum absolute atomic E-state index is 4.55. The van der Waals surface area contributed by atoms with E-state index in [1.165, 1.54) is 0 Å². The van der Waals surface area contributed by atoms with Crippen LogP contribution >= 0.6 is 24.0 Å². The van der Waals surface area contributed by atoms with Crippen molar-refractivity contribution in [1.82, 2.24) is 20.5 Å². The summed E-state index contributed by atoms with van der Waals surface area (Å²) in [6, 6.07) is 5.89. The Hall–Kier alpha value is -0.890. The SMILES string of the molecule is CCNC(=NCc1ccccn1)NCCN(CC)CC.I. The van der Waals surface area contributed by atoms with E-state index in [0.29, 0.717) is 6.54 Å². The van der Waals surface area contributed by atoms with Gasteiger partial charge in [0.2, 0.25) is 0 Å². The molecule has 0 unspecified atom stereocenters. The molecule has 0 aromatic carbocycles. The molecule has 1 aromatic heterocycles. The van der Waals surface area contributed by atoms with Crippen molar-refractivity contribution in [2.75, 3.05) is 32.7 Å². The van der Waals surface area contributed by atoms with Gasteiger partial charge < -0.3 is 15.5 Å². The van der Waals surface area contributed by atoms with Crippen molar-refractivity contribution in [3.8, 4) is 0 Å². The highest BCUT2D eigenvalue weighted by Crippen LogP contribution is 1.95. The summed E-state index contributed by atoms with van der Waals surface area (Å²) >= 11 is 0. The predicted molar refractivity (Wildman–Crippen MR) is 100 cm³/mol. The molecule has 6 heteroatoms. The zero-order valence-electron chi connectivity index (χ0n) is 13.3. The molecule has 0 aliphatic carbocycles. The average molecular weight is 405 g/mol. The third-order valence-corrected chi connectivity index (χ3v) is 3.08. The number of pyridine rings is 1. The lowest BCUT2D eigenvalue weighted by atomic mass is 10.3. The summed E-state index contributed by atoms with van der Waals surface area (Å²) in [4.78, 5) is 11.2. The van der Waals surface area contributed by atoms with Crippen LogP contribution in [0.2, 0.25) is 0 Å². The summed E-state index contributed by atoms with van der Waals surface area (Å²) in [6.07, 6.45) is 1.80. The summed E-state index contributed by atoms with van der Waals surface area (Å²) in [6.45, 7) is 12.0. The molecule has 0 aliphatic rings. The molecular formula is C15H28IN5. The Morgan fingerprint density at radius 2 is 1.95 bits per heavy atom. The van der Waals surface area contributed by atoms with Crippen LogP contribution in [0.3, 0.4) is 0 Å². The first kappa shape index (κ1) is 20.1. The molecule has 0 aliphatic heterocycles. The molecule has 120 valence electrons. The first-order valence-electron chi connectivity index (χ1n) is 7.44. The second-order valence-electron chi connectivity index (χ2n) is 4.47. The minimum absolute atomic E-state index is 0. The van der Waals surface area contributed by atoms with E-state index >= 15 is 0 Å². The van der Waals surface area contributed by atoms with Crippen molar-refractivity contribution in [3.05, 3.63) is 30.1 Å². The molecule has 0 fully saturated rings. The van der Waals surface area contributed by atoms with E-state index in [0.717, 1.165) is 44.4 Å². The highest BCUT2D eigenvalue weighted by molar-refractivity contribution is 14.0. The zero-order valence-corrected chi connectivity index (χ0v) is 15.6. The van der Waals surface area contributed by atoms with E-state index in [1.807, 2.05) is 18.2 Å². The lowest BCUT2D eigenvalue weighted by molar-refractivity contribution is 0.308. The van der Waals surface area contributed by atoms with Crippen LogP contribution in [0.1, 0.15) is 26.5 Å². The van der Waals surface area contributed by atoms with Crippen molar-refractivity contribution in [3.63, 3.8) is 0 Å². The van der Waals surface area contributed by atoms with Crippen LogP contribution in [-0.2, 0) is 6.54 Å². The number of rotatable bonds is 8. The van der Waals surface area contributed by atoms with Gasteiger partial charge in [0, 0.05) is 25.8 Å². The summed E-state index contributed by atoms with van der Waals surface area (Å²) < 4.78 is 0. The normalized spacial score (nSPS) is 11.1. The summed E-state index contributed by atoms with van der Waals surface area (Å²) in [5.41, 5.74) is 0.980. The quantitative estimate of drug-likeness (QED) is 0.395. The maximum atomic E-state index is 4.55. The zero-order chi connectivity index (χ0) is 14.6. The summed E-state index contributed by atoms with van der Waals surface area (Å²) in [5.74, 6) is 0.852. The van der Waals surface area contributed by atoms with Crippen molar-refractivity contribution < 1.29 is 0 Å². The molecule has 5 nitrogen and oxygen atoms in total. The number of nitrogens with one attached hydrogen (secondary N) is 2. The third-order valence-electron chi connectivity index (χ3n) is 3.08. The van der Waals surface area contributed by atoms with Crippen LogP contribution in [0, 0.1) is 0 Å². The second kappa shape index (κ2) is 12.8. The molecule has 0 amide bonds. The smallest absolute Gasteiger partial charge is 0.191 e. The Morgan fingerprint density at radius 3 is 2.52 bits per heavy atom. The molecule has 21 heavy (non-hydrogen) atoms. The molecule has 0 bridgehead atoms. The molecule has 0 atom stereocenters. The second-order valence-corrected chi connectivity index (χ2v) is 4.47. The minimum atomic E-state index is 0. The van der Waals surface area contributed by atoms with Crippen LogP contribution in [-0.4, -0.2) is 48.6 Å². The van der Waals surface area contributed by atoms with E-state index < -0.39 is 0 Å². The fourth-order valence-electron chi connectivity index (χ4n) is 1.87. The summed E-state index contributed by atoms with van der Waals surface area (Å²) in [7, 11) is 0. The van der Waals surface area contributed by atoms with Gasteiger partial charge in [-0.3, -0.25) is 4.98 Å². The van der Waals surface area contributed by atoms with Gasteiger partial charge in [0.05, 0.1) is 12.2 Å². The number of halogens is 1. The van der Waals surface area contributed by atoms with Gasteiger partial charge >= 0.3 is 0 Å². The van der Waals surface area contributed by atoms with Crippen molar-refractivity contribution >= 4 is 29.9 Å². The molecule has 0 saturated carbocycles. The molecular weight excluding hydrogens is 377 g/mol. The number of likely N-dealkylation sites (N-methyl/N-ethyl adjacent to an activating group) is 1. The molecule has 2 N–H and O–H groups in total. The van der Waals surface area contributed by atoms with Gasteiger partial charge in [-0.25, -0.2) is 4.99 Å². The number of hydrogen-bond acceptors (Lipinski definition) is 3. The van der Waals surface area contributed by atoms with Gasteiger partial charge in [0.15, 0.2) is 5.96 Å². The minimum Gasteiger partial charge on any atom is -0.357 e. The number of aromatic nitrogens is 1. The molecule has 1 heterocycles. The number of hydrogen-bond donors (Lipinski definition) is 2. The highest BCUT2D eigenvalue weighted by atomic mass is 127. The molecule has 0 radical (unpaired) electrons. The van der Waals surface area contributed by atoms with E-state index in [1.54, 1.807) is 6.20 Å². The molecule has 1 aromatic rings. The van der Waals surface area contributed by atoms with Gasteiger partial charge in [0.1, 0.15) is 0 Å². The largest absolute Gasteiger partial charge is 0.357 e. The van der Waals surface area contributed by atoms with Crippen LogP contribution in [0.4, 0.5) is 0 Å². The van der Waals surface area contributed by atoms with Crippen LogP contribution in [0.15, 0.2) is 29.4 Å². The lowest BCUT2D eigenvalue weighted by Gasteiger charge is -2.19. The van der Waals surface area contributed by atoms with Crippen LogP contribution < -0.4 is 10.6 Å². The van der Waals surface area contributed by atoms with Gasteiger partial charge in [0.25, 0.3) is 0 Å². The Labute approximate surface area is 145 Å². The van der Waals surface area contributed by atoms with Gasteiger partial charge in [-0.05, 0) is 32.1 Å². The van der Waals surface area contributed by atoms with Crippen molar-refractivity contribution in [1.29, 1.82) is 0 Å². The average Bonchev–Trinajstić information content (AvgIpc) is 2.50. The Morgan fingerprint density at radius 1 is 1.19 bits per heavy atom. The first-order valence-corrected chi connectivity index (χ1v) is 7.44. The number of nitrogens with zero attached hydrogens (tertiary/aromatic N) is 3.